The van der Waals surface area contributed by atoms with Crippen LogP contribution in [-0.4, -0.2) is 4.57 Å². The predicted molar refractivity (Wildman–Crippen MR) is 100 cm³/mol. The van der Waals surface area contributed by atoms with Crippen LogP contribution in [0.4, 0.5) is 4.39 Å². The van der Waals surface area contributed by atoms with Crippen molar-refractivity contribution in [1.29, 1.82) is 0 Å². The van der Waals surface area contributed by atoms with Gasteiger partial charge in [0.2, 0.25) is 0 Å². The Bertz CT molecular complexity index is 979. The normalized spacial score (nSPS) is 14.3. The maximum Gasteiger partial charge on any atom is 0.282 e. The third-order valence-electron chi connectivity index (χ3n) is 4.67. The number of benzene rings is 2. The molecular formula is C22H20FN2+. The number of rotatable bonds is 4. The van der Waals surface area contributed by atoms with Crippen LogP contribution in [-0.2, 0) is 13.6 Å². The molecule has 0 N–H and O–H groups in total. The molecule has 0 atom stereocenters. The molecule has 25 heavy (non-hydrogen) atoms. The average Bonchev–Trinajstić information content (AvgIpc) is 3.23. The third-order valence-corrected chi connectivity index (χ3v) is 4.67. The average molecular weight is 331 g/mol. The maximum absolute atomic E-state index is 13.1. The van der Waals surface area contributed by atoms with Gasteiger partial charge in [0.1, 0.15) is 12.4 Å². The Morgan fingerprint density at radius 3 is 2.48 bits per heavy atom. The maximum atomic E-state index is 13.1. The summed E-state index contributed by atoms with van der Waals surface area (Å²) >= 11 is 0. The van der Waals surface area contributed by atoms with Crippen LogP contribution in [0, 0.1) is 11.7 Å². The Balaban J connectivity index is 1.78. The molecule has 1 aliphatic carbocycles. The van der Waals surface area contributed by atoms with Crippen molar-refractivity contribution in [2.75, 3.05) is 0 Å². The zero-order chi connectivity index (χ0) is 17.2. The van der Waals surface area contributed by atoms with Gasteiger partial charge in [0.25, 0.3) is 5.82 Å². The minimum atomic E-state index is -0.211. The zero-order valence-electron chi connectivity index (χ0n) is 14.1. The molecule has 2 nitrogen and oxygen atoms in total. The minimum Gasteiger partial charge on any atom is -0.226 e. The van der Waals surface area contributed by atoms with E-state index < -0.39 is 0 Å². The van der Waals surface area contributed by atoms with E-state index in [1.54, 1.807) is 12.1 Å². The molecule has 1 aliphatic rings. The molecule has 0 amide bonds. The van der Waals surface area contributed by atoms with Gasteiger partial charge in [-0.15, -0.1) is 0 Å². The number of fused-ring (bicyclic) bond motifs is 1. The summed E-state index contributed by atoms with van der Waals surface area (Å²) in [6, 6.07) is 15.0. The Kier molecular flexibility index (Phi) is 4.06. The SMILES string of the molecule is C[n+]1c(/C=C/c2ccc(F)cc2)n(CC2C=CC=C2)c2ccccc21. The first-order chi connectivity index (χ1) is 12.2. The van der Waals surface area contributed by atoms with E-state index in [9.17, 15) is 4.39 Å². The summed E-state index contributed by atoms with van der Waals surface area (Å²) in [5.41, 5.74) is 3.41. The van der Waals surface area contributed by atoms with Gasteiger partial charge in [-0.2, -0.15) is 0 Å². The summed E-state index contributed by atoms with van der Waals surface area (Å²) in [6.07, 6.45) is 12.8. The second kappa shape index (κ2) is 6.52. The fraction of sp³-hybridized carbons (Fsp3) is 0.136. The van der Waals surface area contributed by atoms with Gasteiger partial charge >= 0.3 is 0 Å². The quantitative estimate of drug-likeness (QED) is 0.622. The van der Waals surface area contributed by atoms with Crippen molar-refractivity contribution in [3.8, 4) is 0 Å². The van der Waals surface area contributed by atoms with Crippen molar-refractivity contribution in [3.63, 3.8) is 0 Å². The van der Waals surface area contributed by atoms with E-state index in [0.717, 1.165) is 17.9 Å². The molecule has 3 heteroatoms. The van der Waals surface area contributed by atoms with Crippen molar-refractivity contribution >= 4 is 23.2 Å². The van der Waals surface area contributed by atoms with Crippen molar-refractivity contribution in [2.45, 2.75) is 6.54 Å². The molecule has 124 valence electrons. The smallest absolute Gasteiger partial charge is 0.226 e. The van der Waals surface area contributed by atoms with Crippen LogP contribution < -0.4 is 4.57 Å². The van der Waals surface area contributed by atoms with Crippen LogP contribution in [0.1, 0.15) is 11.4 Å². The fourth-order valence-electron chi connectivity index (χ4n) is 3.35. The summed E-state index contributed by atoms with van der Waals surface area (Å²) in [7, 11) is 2.09. The highest BCUT2D eigenvalue weighted by Gasteiger charge is 2.22. The number of allylic oxidation sites excluding steroid dienone is 4. The monoisotopic (exact) mass is 331 g/mol. The lowest BCUT2D eigenvalue weighted by atomic mass is 10.1. The number of para-hydroxylation sites is 2. The predicted octanol–water partition coefficient (Wildman–Crippen LogP) is 4.52. The number of hydrogen-bond acceptors (Lipinski definition) is 0. The molecular weight excluding hydrogens is 311 g/mol. The molecule has 3 aromatic rings. The van der Waals surface area contributed by atoms with Crippen LogP contribution in [0.3, 0.4) is 0 Å². The van der Waals surface area contributed by atoms with Crippen molar-refractivity contribution < 1.29 is 8.96 Å². The van der Waals surface area contributed by atoms with Crippen molar-refractivity contribution in [3.05, 3.63) is 90.0 Å². The van der Waals surface area contributed by atoms with E-state index in [2.05, 4.69) is 70.8 Å². The van der Waals surface area contributed by atoms with Gasteiger partial charge in [0.15, 0.2) is 11.0 Å². The van der Waals surface area contributed by atoms with E-state index in [1.165, 1.54) is 23.2 Å². The van der Waals surface area contributed by atoms with Crippen LogP contribution in [0.15, 0.2) is 72.8 Å². The van der Waals surface area contributed by atoms with Gasteiger partial charge in [-0.25, -0.2) is 13.5 Å². The Morgan fingerprint density at radius 2 is 1.72 bits per heavy atom. The molecule has 0 spiro atoms. The second-order valence-electron chi connectivity index (χ2n) is 6.34. The first-order valence-electron chi connectivity index (χ1n) is 8.48. The highest BCUT2D eigenvalue weighted by molar-refractivity contribution is 5.76. The van der Waals surface area contributed by atoms with Gasteiger partial charge < -0.3 is 0 Å². The number of aryl methyl sites for hydroxylation is 1. The molecule has 0 bridgehead atoms. The van der Waals surface area contributed by atoms with Crippen LogP contribution in [0.5, 0.6) is 0 Å². The first kappa shape index (κ1) is 15.6. The Labute approximate surface area is 146 Å². The molecule has 0 fully saturated rings. The largest absolute Gasteiger partial charge is 0.282 e. The van der Waals surface area contributed by atoms with Gasteiger partial charge in [0, 0.05) is 12.0 Å². The molecule has 0 unspecified atom stereocenters. The summed E-state index contributed by atoms with van der Waals surface area (Å²) in [5.74, 6) is 1.32. The molecule has 0 saturated carbocycles. The summed E-state index contributed by atoms with van der Waals surface area (Å²) in [4.78, 5) is 0. The number of halogens is 1. The number of nitrogens with zero attached hydrogens (tertiary/aromatic N) is 2. The second-order valence-corrected chi connectivity index (χ2v) is 6.34. The molecule has 0 radical (unpaired) electrons. The standard InChI is InChI=1S/C22H20FN2/c1-24-20-8-4-5-9-21(20)25(16-18-6-2-3-7-18)22(24)15-12-17-10-13-19(23)14-11-17/h2-15,18H,16H2,1H3/q+1/b15-12+. The number of imidazole rings is 1. The van der Waals surface area contributed by atoms with E-state index >= 15 is 0 Å². The first-order valence-corrected chi connectivity index (χ1v) is 8.48. The molecule has 2 aromatic carbocycles. The van der Waals surface area contributed by atoms with E-state index in [0.29, 0.717) is 5.92 Å². The highest BCUT2D eigenvalue weighted by atomic mass is 19.1. The van der Waals surface area contributed by atoms with Gasteiger partial charge in [-0.05, 0) is 35.9 Å². The van der Waals surface area contributed by atoms with Crippen LogP contribution in [0.25, 0.3) is 23.2 Å². The lowest BCUT2D eigenvalue weighted by molar-refractivity contribution is -0.647. The van der Waals surface area contributed by atoms with Crippen molar-refractivity contribution in [2.24, 2.45) is 13.0 Å². The van der Waals surface area contributed by atoms with E-state index in [4.69, 9.17) is 0 Å². The highest BCUT2D eigenvalue weighted by Crippen LogP contribution is 2.20. The molecule has 0 saturated heterocycles. The number of aromatic nitrogens is 2. The van der Waals surface area contributed by atoms with Gasteiger partial charge in [0.05, 0.1) is 7.05 Å². The Morgan fingerprint density at radius 1 is 1.00 bits per heavy atom. The lowest BCUT2D eigenvalue weighted by Crippen LogP contribution is -2.31. The van der Waals surface area contributed by atoms with Crippen LogP contribution in [0.2, 0.25) is 0 Å². The molecule has 1 aromatic heterocycles. The van der Waals surface area contributed by atoms with E-state index in [-0.39, 0.29) is 5.82 Å². The number of hydrogen-bond donors (Lipinski definition) is 0. The third kappa shape index (κ3) is 3.05. The topological polar surface area (TPSA) is 8.81 Å². The zero-order valence-corrected chi connectivity index (χ0v) is 14.1. The van der Waals surface area contributed by atoms with Crippen LogP contribution >= 0.6 is 0 Å². The van der Waals surface area contributed by atoms with Gasteiger partial charge in [-0.1, -0.05) is 48.6 Å². The summed E-state index contributed by atoms with van der Waals surface area (Å²) in [6.45, 7) is 0.900. The fourth-order valence-corrected chi connectivity index (χ4v) is 3.35. The molecule has 4 rings (SSSR count). The summed E-state index contributed by atoms with van der Waals surface area (Å²) < 4.78 is 17.7. The van der Waals surface area contributed by atoms with Crippen molar-refractivity contribution in [1.82, 2.24) is 4.57 Å². The lowest BCUT2D eigenvalue weighted by Gasteiger charge is -2.04. The Hall–Kier alpha value is -2.94. The van der Waals surface area contributed by atoms with Gasteiger partial charge in [-0.3, -0.25) is 0 Å². The summed E-state index contributed by atoms with van der Waals surface area (Å²) in [5, 5.41) is 0. The van der Waals surface area contributed by atoms with E-state index in [1.807, 2.05) is 6.08 Å². The minimum absolute atomic E-state index is 0.211. The molecule has 0 aliphatic heterocycles. The molecule has 1 heterocycles.